The topological polar surface area (TPSA) is 107 Å². The number of anilines is 2. The summed E-state index contributed by atoms with van der Waals surface area (Å²) >= 11 is 5.90. The van der Waals surface area contributed by atoms with Gasteiger partial charge in [-0.1, -0.05) is 17.7 Å². The van der Waals surface area contributed by atoms with Crippen molar-refractivity contribution in [1.29, 1.82) is 0 Å². The van der Waals surface area contributed by atoms with Crippen molar-refractivity contribution in [1.82, 2.24) is 30.3 Å². The summed E-state index contributed by atoms with van der Waals surface area (Å²) in [5, 5.41) is 15.9. The molecule has 2 aromatic heterocycles. The minimum absolute atomic E-state index is 0.0499. The van der Waals surface area contributed by atoms with E-state index in [0.29, 0.717) is 11.3 Å². The van der Waals surface area contributed by atoms with E-state index in [2.05, 4.69) is 25.6 Å². The van der Waals surface area contributed by atoms with Crippen LogP contribution < -0.4 is 15.4 Å². The molecule has 0 aliphatic carbocycles. The third-order valence-electron chi connectivity index (χ3n) is 3.31. The van der Waals surface area contributed by atoms with Crippen molar-refractivity contribution in [3.8, 4) is 17.1 Å². The normalized spacial score (nSPS) is 14.8. The Morgan fingerprint density at radius 2 is 2.23 bits per heavy atom. The molecule has 0 spiro atoms. The van der Waals surface area contributed by atoms with Crippen molar-refractivity contribution in [3.63, 3.8) is 0 Å². The molecule has 26 heavy (non-hydrogen) atoms. The van der Waals surface area contributed by atoms with Gasteiger partial charge in [-0.15, -0.1) is 10.2 Å². The molecule has 0 radical (unpaired) electrons. The molecular formula is C16H16ClN7O2. The van der Waals surface area contributed by atoms with E-state index in [1.54, 1.807) is 18.2 Å². The Balaban J connectivity index is 2.02. The lowest BCUT2D eigenvalue weighted by Gasteiger charge is -2.15. The number of hydrogen-bond acceptors (Lipinski definition) is 7. The molecule has 0 unspecified atom stereocenters. The maximum Gasteiger partial charge on any atom is 0.273 e. The Labute approximate surface area is 162 Å². The van der Waals surface area contributed by atoms with E-state index < -0.39 is 19.9 Å². The number of para-hydroxylation sites is 1. The fraction of sp³-hybridized carbons (Fsp3) is 0.188. The van der Waals surface area contributed by atoms with E-state index >= 15 is 0 Å². The zero-order chi connectivity index (χ0) is 23.7. The molecule has 0 atom stereocenters. The molecule has 0 aliphatic rings. The SMILES string of the molecule is [2H]C([2H])([2H])NC(=O)c1nnc(Cl)cc1Nc1cccc(-c2ncn(C([2H])([2H])[2H])n2)c1OC. The molecule has 10 heteroatoms. The first-order chi connectivity index (χ1) is 14.9. The fourth-order valence-electron chi connectivity index (χ4n) is 2.25. The van der Waals surface area contributed by atoms with Crippen molar-refractivity contribution in [2.45, 2.75) is 0 Å². The van der Waals surface area contributed by atoms with Gasteiger partial charge in [0, 0.05) is 28.2 Å². The lowest BCUT2D eigenvalue weighted by atomic mass is 10.1. The highest BCUT2D eigenvalue weighted by Gasteiger charge is 2.18. The number of nitrogens with zero attached hydrogens (tertiary/aromatic N) is 5. The maximum absolute atomic E-state index is 12.4. The number of rotatable bonds is 5. The molecule has 9 nitrogen and oxygen atoms in total. The smallest absolute Gasteiger partial charge is 0.273 e. The van der Waals surface area contributed by atoms with Crippen LogP contribution in [0.3, 0.4) is 0 Å². The average molecular weight is 380 g/mol. The first kappa shape index (κ1) is 11.4. The number of ether oxygens (including phenoxy) is 1. The summed E-state index contributed by atoms with van der Waals surface area (Å²) in [5.74, 6) is -0.677. The van der Waals surface area contributed by atoms with Crippen molar-refractivity contribution < 1.29 is 17.8 Å². The van der Waals surface area contributed by atoms with Crippen LogP contribution in [-0.2, 0) is 6.98 Å². The zero-order valence-corrected chi connectivity index (χ0v) is 14.1. The van der Waals surface area contributed by atoms with Crippen LogP contribution >= 0.6 is 11.6 Å². The molecule has 3 aromatic rings. The van der Waals surface area contributed by atoms with Crippen molar-refractivity contribution in [2.24, 2.45) is 6.98 Å². The number of carbonyl (C=O) groups excluding carboxylic acids is 1. The van der Waals surface area contributed by atoms with Gasteiger partial charge >= 0.3 is 0 Å². The number of hydrogen-bond donors (Lipinski definition) is 2. The highest BCUT2D eigenvalue weighted by molar-refractivity contribution is 6.29. The van der Waals surface area contributed by atoms with E-state index in [4.69, 9.17) is 24.6 Å². The quantitative estimate of drug-likeness (QED) is 0.698. The minimum atomic E-state index is -2.74. The van der Waals surface area contributed by atoms with Crippen LogP contribution in [0.5, 0.6) is 5.75 Å². The number of aryl methyl sites for hydroxylation is 1. The first-order valence-electron chi connectivity index (χ1n) is 10.1. The van der Waals surface area contributed by atoms with Gasteiger partial charge in [0.25, 0.3) is 5.91 Å². The Morgan fingerprint density at radius 3 is 2.96 bits per heavy atom. The molecule has 2 N–H and O–H groups in total. The summed E-state index contributed by atoms with van der Waals surface area (Å²) in [6.45, 7) is -5.24. The summed E-state index contributed by atoms with van der Waals surface area (Å²) in [5.41, 5.74) is 0.426. The van der Waals surface area contributed by atoms with Crippen LogP contribution in [-0.4, -0.2) is 45.0 Å². The first-order valence-corrected chi connectivity index (χ1v) is 7.49. The van der Waals surface area contributed by atoms with Crippen LogP contribution in [0.4, 0.5) is 11.4 Å². The van der Waals surface area contributed by atoms with Crippen molar-refractivity contribution >= 4 is 28.9 Å². The van der Waals surface area contributed by atoms with Gasteiger partial charge in [0.05, 0.1) is 24.0 Å². The van der Waals surface area contributed by atoms with Crippen LogP contribution in [0.1, 0.15) is 18.7 Å². The monoisotopic (exact) mass is 379 g/mol. The Hall–Kier alpha value is -3.20. The highest BCUT2D eigenvalue weighted by atomic mass is 35.5. The second-order valence-corrected chi connectivity index (χ2v) is 5.29. The predicted octanol–water partition coefficient (Wildman–Crippen LogP) is 2.04. The lowest BCUT2D eigenvalue weighted by Crippen LogP contribution is -2.21. The van der Waals surface area contributed by atoms with E-state index in [1.807, 2.05) is 5.32 Å². The Bertz CT molecular complexity index is 1150. The molecule has 134 valence electrons. The highest BCUT2D eigenvalue weighted by Crippen LogP contribution is 2.36. The van der Waals surface area contributed by atoms with Gasteiger partial charge in [-0.25, -0.2) is 4.98 Å². The summed E-state index contributed by atoms with van der Waals surface area (Å²) in [6.07, 6.45) is 1.08. The molecular weight excluding hydrogens is 358 g/mol. The van der Waals surface area contributed by atoms with Gasteiger partial charge in [-0.3, -0.25) is 9.48 Å². The summed E-state index contributed by atoms with van der Waals surface area (Å²) in [7, 11) is 1.38. The lowest BCUT2D eigenvalue weighted by molar-refractivity contribution is 0.0958. The number of aromatic nitrogens is 5. The van der Waals surface area contributed by atoms with Gasteiger partial charge in [0.1, 0.15) is 6.33 Å². The van der Waals surface area contributed by atoms with E-state index in [0.717, 1.165) is 11.0 Å². The minimum Gasteiger partial charge on any atom is -0.494 e. The zero-order valence-electron chi connectivity index (χ0n) is 19.3. The summed E-state index contributed by atoms with van der Waals surface area (Å²) in [4.78, 5) is 16.4. The molecule has 1 aromatic carbocycles. The van der Waals surface area contributed by atoms with Crippen LogP contribution in [0.2, 0.25) is 5.15 Å². The number of methoxy groups -OCH3 is 1. The molecule has 3 rings (SSSR count). The Kier molecular flexibility index (Phi) is 3.23. The summed E-state index contributed by atoms with van der Waals surface area (Å²) < 4.78 is 50.1. The molecule has 0 aliphatic heterocycles. The van der Waals surface area contributed by atoms with Crippen molar-refractivity contribution in [2.75, 3.05) is 19.4 Å². The fourth-order valence-corrected chi connectivity index (χ4v) is 2.40. The van der Waals surface area contributed by atoms with E-state index in [1.165, 1.54) is 13.2 Å². The van der Waals surface area contributed by atoms with Crippen LogP contribution in [0.15, 0.2) is 30.6 Å². The van der Waals surface area contributed by atoms with Gasteiger partial charge in [0.2, 0.25) is 0 Å². The average Bonchev–Trinajstić information content (AvgIpc) is 3.17. The van der Waals surface area contributed by atoms with Crippen LogP contribution in [0, 0.1) is 0 Å². The largest absolute Gasteiger partial charge is 0.494 e. The second kappa shape index (κ2) is 7.36. The second-order valence-electron chi connectivity index (χ2n) is 4.91. The molecule has 0 saturated carbocycles. The number of benzene rings is 1. The molecule has 2 heterocycles. The van der Waals surface area contributed by atoms with Crippen molar-refractivity contribution in [3.05, 3.63) is 41.4 Å². The standard InChI is InChI=1S/C16H16ClN7O2/c1-18-16(25)13-11(7-12(17)21-22-13)20-10-6-4-5-9(14(10)26-3)15-19-8-24(2)23-15/h4-8H,1-3H3,(H,18,25)(H,20,21)/i1D3,2D3. The molecule has 0 fully saturated rings. The number of carbonyl (C=O) groups is 1. The van der Waals surface area contributed by atoms with Crippen LogP contribution in [0.25, 0.3) is 11.4 Å². The third-order valence-corrected chi connectivity index (χ3v) is 3.50. The van der Waals surface area contributed by atoms with E-state index in [9.17, 15) is 4.79 Å². The van der Waals surface area contributed by atoms with Gasteiger partial charge < -0.3 is 15.4 Å². The summed E-state index contributed by atoms with van der Waals surface area (Å²) in [6, 6.07) is 6.12. The third kappa shape index (κ3) is 3.42. The molecule has 0 saturated heterocycles. The number of amides is 1. The molecule has 0 bridgehead atoms. The number of halogens is 1. The maximum atomic E-state index is 12.4. The van der Waals surface area contributed by atoms with E-state index in [-0.39, 0.29) is 28.1 Å². The van der Waals surface area contributed by atoms with Gasteiger partial charge in [-0.05, 0) is 12.1 Å². The van der Waals surface area contributed by atoms with Gasteiger partial charge in [0.15, 0.2) is 22.4 Å². The van der Waals surface area contributed by atoms with Gasteiger partial charge in [-0.2, -0.15) is 5.10 Å². The predicted molar refractivity (Wildman–Crippen MR) is 96.7 cm³/mol. The number of nitrogens with one attached hydrogen (secondary N) is 2. The Morgan fingerprint density at radius 1 is 1.35 bits per heavy atom. The molecule has 1 amide bonds.